The van der Waals surface area contributed by atoms with Crippen molar-refractivity contribution in [2.24, 2.45) is 0 Å². The summed E-state index contributed by atoms with van der Waals surface area (Å²) in [6.07, 6.45) is 1.08. The first kappa shape index (κ1) is 66.5. The number of benzene rings is 20. The maximum atomic E-state index is 6.57. The Morgan fingerprint density at radius 3 is 1.12 bits per heavy atom. The highest BCUT2D eigenvalue weighted by atomic mass is 35.5. The average molecular weight is 1510 g/mol. The molecule has 8 heteroatoms. The minimum absolute atomic E-state index is 0.638. The molecule has 0 bridgehead atoms. The molecule has 0 saturated heterocycles. The molecule has 5 heterocycles. The van der Waals surface area contributed by atoms with E-state index in [-0.39, 0.29) is 0 Å². The Morgan fingerprint density at radius 2 is 0.581 bits per heavy atom. The van der Waals surface area contributed by atoms with Crippen molar-refractivity contribution in [1.82, 2.24) is 33.6 Å². The summed E-state index contributed by atoms with van der Waals surface area (Å²) in [7, 11) is 0. The van der Waals surface area contributed by atoms with E-state index in [1.807, 2.05) is 12.1 Å². The van der Waals surface area contributed by atoms with Gasteiger partial charge in [0.2, 0.25) is 11.9 Å². The molecule has 25 aromatic rings. The van der Waals surface area contributed by atoms with Crippen LogP contribution in [-0.2, 0) is 6.42 Å². The molecule has 0 spiro atoms. The summed E-state index contributed by atoms with van der Waals surface area (Å²) in [5.74, 6) is 1.29. The lowest BCUT2D eigenvalue weighted by Crippen LogP contribution is -2.04. The summed E-state index contributed by atoms with van der Waals surface area (Å²) in [5, 5.41) is 29.5. The van der Waals surface area contributed by atoms with Gasteiger partial charge in [-0.25, -0.2) is 19.9 Å². The minimum atomic E-state index is 0.638. The Balaban J connectivity index is 0.000000115. The Morgan fingerprint density at radius 1 is 0.214 bits per heavy atom. The lowest BCUT2D eigenvalue weighted by atomic mass is 9.94. The van der Waals surface area contributed by atoms with Crippen molar-refractivity contribution in [2.75, 3.05) is 0 Å². The van der Waals surface area contributed by atoms with Crippen molar-refractivity contribution in [3.8, 4) is 51.2 Å². The fourth-order valence-electron chi connectivity index (χ4n) is 19.3. The van der Waals surface area contributed by atoms with Crippen LogP contribution in [0, 0.1) is 0 Å². The van der Waals surface area contributed by atoms with Crippen LogP contribution in [0.25, 0.3) is 225 Å². The molecule has 0 amide bonds. The van der Waals surface area contributed by atoms with Crippen molar-refractivity contribution in [2.45, 2.75) is 6.42 Å². The molecule has 0 aliphatic heterocycles. The van der Waals surface area contributed by atoms with Gasteiger partial charge < -0.3 is 4.57 Å². The predicted molar refractivity (Wildman–Crippen MR) is 493 cm³/mol. The molecular weight excluding hydrogens is 1440 g/mol. The molecule has 1 aliphatic carbocycles. The number of halogens is 1. The molecule has 544 valence electrons. The summed E-state index contributed by atoms with van der Waals surface area (Å²) in [5.41, 5.74) is 19.3. The maximum Gasteiger partial charge on any atom is 0.235 e. The molecule has 117 heavy (non-hydrogen) atoms. The Hall–Kier alpha value is -15.2. The zero-order valence-electron chi connectivity index (χ0n) is 63.2. The fraction of sp³-hybridized carbons (Fsp3) is 0.00917. The molecule has 1 aliphatic rings. The fourth-order valence-corrected chi connectivity index (χ4v) is 19.4. The van der Waals surface area contributed by atoms with Crippen molar-refractivity contribution < 1.29 is 0 Å². The van der Waals surface area contributed by atoms with Crippen LogP contribution in [0.1, 0.15) is 11.1 Å². The number of rotatable bonds is 5. The molecule has 26 rings (SSSR count). The Kier molecular flexibility index (Phi) is 15.0. The molecule has 0 unspecified atom stereocenters. The van der Waals surface area contributed by atoms with Crippen LogP contribution in [0.4, 0.5) is 0 Å². The lowest BCUT2D eigenvalue weighted by Gasteiger charge is -2.15. The number of para-hydroxylation sites is 3. The van der Waals surface area contributed by atoms with Crippen molar-refractivity contribution in [3.63, 3.8) is 0 Å². The van der Waals surface area contributed by atoms with E-state index in [1.165, 1.54) is 136 Å². The van der Waals surface area contributed by atoms with Gasteiger partial charge in [0.25, 0.3) is 0 Å². The van der Waals surface area contributed by atoms with E-state index in [9.17, 15) is 0 Å². The van der Waals surface area contributed by atoms with E-state index in [4.69, 9.17) is 31.5 Å². The van der Waals surface area contributed by atoms with E-state index in [0.29, 0.717) is 16.9 Å². The van der Waals surface area contributed by atoms with Gasteiger partial charge >= 0.3 is 0 Å². The second-order valence-corrected chi connectivity index (χ2v) is 31.2. The zero-order valence-corrected chi connectivity index (χ0v) is 63.9. The van der Waals surface area contributed by atoms with Gasteiger partial charge in [0, 0.05) is 64.9 Å². The highest BCUT2D eigenvalue weighted by Gasteiger charge is 2.26. The smallest absolute Gasteiger partial charge is 0.235 e. The first-order valence-corrected chi connectivity index (χ1v) is 40.3. The molecule has 0 N–H and O–H groups in total. The van der Waals surface area contributed by atoms with Crippen molar-refractivity contribution >= 4 is 185 Å². The molecule has 0 radical (unpaired) electrons. The minimum Gasteiger partial charge on any atom is -0.309 e. The SMILES string of the molecule is Clc1ccc2c(c1)c1c3ccccc3ccc1n2-c1nc(-c2cc3ccccc3c3ccccc23)c2ccccc2n1.c1ccc2c(c1)Cc1ccc3ccccc3c1-2.c1ccc2c(c1)cc(-c1nc(-n3c4ccc(-n5c6ccccc6c6c7ccccc7ccc65)cc4c4c5ccccc5ccc43)nc3ccccc13)c1ccccc12. The molecule has 7 nitrogen and oxygen atoms in total. The Bertz CT molecular complexity index is 8540. The largest absolute Gasteiger partial charge is 0.309 e. The average Bonchev–Trinajstić information content (AvgIpc) is 1.59. The highest BCUT2D eigenvalue weighted by Crippen LogP contribution is 2.47. The third kappa shape index (κ3) is 10.5. The molecule has 0 saturated carbocycles. The van der Waals surface area contributed by atoms with Crippen LogP contribution >= 0.6 is 11.6 Å². The van der Waals surface area contributed by atoms with E-state index in [1.54, 1.807) is 0 Å². The monoisotopic (exact) mass is 1510 g/mol. The van der Waals surface area contributed by atoms with Crippen LogP contribution in [0.15, 0.2) is 388 Å². The first-order valence-electron chi connectivity index (χ1n) is 39.9. The quantitative estimate of drug-likeness (QED) is 0.161. The molecule has 5 aromatic heterocycles. The second kappa shape index (κ2) is 26.5. The van der Waals surface area contributed by atoms with E-state index < -0.39 is 0 Å². The van der Waals surface area contributed by atoms with Crippen LogP contribution in [0.2, 0.25) is 5.02 Å². The van der Waals surface area contributed by atoms with Crippen molar-refractivity contribution in [3.05, 3.63) is 404 Å². The third-order valence-corrected chi connectivity index (χ3v) is 24.6. The van der Waals surface area contributed by atoms with Crippen molar-refractivity contribution in [1.29, 1.82) is 0 Å². The summed E-state index contributed by atoms with van der Waals surface area (Å²) in [4.78, 5) is 21.5. The molecular formula is C109H66ClN7. The normalized spacial score (nSPS) is 12.1. The number of hydrogen-bond donors (Lipinski definition) is 0. The predicted octanol–water partition coefficient (Wildman–Crippen LogP) is 29.0. The van der Waals surface area contributed by atoms with Gasteiger partial charge in [-0.1, -0.05) is 315 Å². The number of nitrogens with zero attached hydrogens (tertiary/aromatic N) is 7. The van der Waals surface area contributed by atoms with Gasteiger partial charge in [-0.15, -0.1) is 0 Å². The van der Waals surface area contributed by atoms with Crippen LogP contribution in [-0.4, -0.2) is 33.6 Å². The number of aromatic nitrogens is 7. The summed E-state index contributed by atoms with van der Waals surface area (Å²) in [6.45, 7) is 0. The summed E-state index contributed by atoms with van der Waals surface area (Å²) < 4.78 is 6.90. The van der Waals surface area contributed by atoms with Gasteiger partial charge in [0.1, 0.15) is 0 Å². The van der Waals surface area contributed by atoms with E-state index >= 15 is 0 Å². The number of fused-ring (bicyclic) bond motifs is 28. The maximum absolute atomic E-state index is 6.57. The van der Waals surface area contributed by atoms with Gasteiger partial charge in [0.15, 0.2) is 0 Å². The standard InChI is InChI=1S/C54H32N4.C38H22ClN3.C17H12/c1-5-17-38-33(13-1)25-28-49-51(38)43-22-10-12-24-47(43)57(49)36-27-30-48-45(32-36)52-39-18-6-2-14-34(39)26-29-50(52)58(48)54-55-46-23-11-9-21-42(46)53(56-54)44-31-35-15-3-4-16-37(35)40-19-7-8-20-41(40)44;39-25-18-20-34-32(22-25)36-27-12-4-1-9-23(27)17-19-35(36)42(34)38-40-33-16-8-7-15-30(33)37(41-38)31-21-24-10-2-3-11-26(24)28-13-5-6-14-29(28)31;1-3-7-15-12(5-1)9-10-14-11-13-6-2-4-8-16(13)17(14)15/h1-32H;1-22H;1-10H,11H2. The van der Waals surface area contributed by atoms with E-state index in [0.717, 1.165) is 94.7 Å². The van der Waals surface area contributed by atoms with Gasteiger partial charge in [-0.3, -0.25) is 9.13 Å². The first-order chi connectivity index (χ1) is 58.0. The summed E-state index contributed by atoms with van der Waals surface area (Å²) in [6, 6.07) is 139. The van der Waals surface area contributed by atoms with Gasteiger partial charge in [0.05, 0.1) is 55.5 Å². The zero-order chi connectivity index (χ0) is 76.9. The van der Waals surface area contributed by atoms with E-state index in [2.05, 4.69) is 390 Å². The van der Waals surface area contributed by atoms with Gasteiger partial charge in [-0.2, -0.15) is 0 Å². The second-order valence-electron chi connectivity index (χ2n) is 30.7. The van der Waals surface area contributed by atoms with Crippen LogP contribution in [0.5, 0.6) is 0 Å². The topological polar surface area (TPSA) is 66.3 Å². The molecule has 0 fully saturated rings. The van der Waals surface area contributed by atoms with Crippen LogP contribution in [0.3, 0.4) is 0 Å². The summed E-state index contributed by atoms with van der Waals surface area (Å²) >= 11 is 6.57. The van der Waals surface area contributed by atoms with Crippen LogP contribution < -0.4 is 0 Å². The number of hydrogen-bond acceptors (Lipinski definition) is 4. The Labute approximate surface area is 676 Å². The third-order valence-electron chi connectivity index (χ3n) is 24.4. The highest BCUT2D eigenvalue weighted by molar-refractivity contribution is 6.33. The molecule has 0 atom stereocenters. The van der Waals surface area contributed by atoms with Gasteiger partial charge in [-0.05, 0) is 200 Å². The lowest BCUT2D eigenvalue weighted by molar-refractivity contribution is 1.01. The molecule has 20 aromatic carbocycles.